The molecule has 0 aliphatic carbocycles. The molecule has 0 spiro atoms. The maximum atomic E-state index is 7.38. The lowest BCUT2D eigenvalue weighted by molar-refractivity contribution is 0.670. The molecule has 0 unspecified atom stereocenters. The molecule has 2 nitrogen and oxygen atoms in total. The summed E-state index contributed by atoms with van der Waals surface area (Å²) in [4.78, 5) is 2.40. The third kappa shape index (κ3) is 4.96. The van der Waals surface area contributed by atoms with Gasteiger partial charge < -0.3 is 9.32 Å². The van der Waals surface area contributed by atoms with Crippen LogP contribution in [0.25, 0.3) is 96.7 Å². The molecule has 3 heteroatoms. The maximum Gasteiger partial charge on any atom is 0.159 e. The van der Waals surface area contributed by atoms with Crippen LogP contribution < -0.4 is 4.90 Å². The van der Waals surface area contributed by atoms with Gasteiger partial charge in [-0.15, -0.1) is 11.3 Å². The molecule has 0 saturated heterocycles. The van der Waals surface area contributed by atoms with Crippen LogP contribution in [-0.4, -0.2) is 0 Å². The second-order valence-corrected chi connectivity index (χ2v) is 15.8. The normalized spacial score (nSPS) is 11.9. The molecule has 0 fully saturated rings. The lowest BCUT2D eigenvalue weighted by Gasteiger charge is -2.27. The standard InChI is InChI=1S/C54H33NOS/c1-2-14-34(15-3-1)35-28-30-38(31-29-35)55(49-33-37-17-4-6-18-39(37)41-20-8-9-21-42(41)49)48-26-13-23-44-47-32-36-16-5-7-19-40(36)51(53(47)56-52(44)48)46-25-12-24-45-43-22-10-11-27-50(43)57-54(45)46/h1-33H. The SMILES string of the molecule is c1ccc(-c2ccc(N(c3cc4ccccc4c4ccccc34)c3cccc4c3oc3c(-c5cccc6c5sc5ccccc56)c5ccccc5cc34)cc2)cc1. The monoisotopic (exact) mass is 743 g/mol. The number of anilines is 3. The van der Waals surface area contributed by atoms with Crippen LogP contribution in [0.5, 0.6) is 0 Å². The zero-order valence-electron chi connectivity index (χ0n) is 30.8. The summed E-state index contributed by atoms with van der Waals surface area (Å²) in [5.74, 6) is 0. The summed E-state index contributed by atoms with van der Waals surface area (Å²) in [7, 11) is 0. The van der Waals surface area contributed by atoms with Gasteiger partial charge in [-0.05, 0) is 74.5 Å². The van der Waals surface area contributed by atoms with Crippen LogP contribution in [0.3, 0.4) is 0 Å². The van der Waals surface area contributed by atoms with Crippen LogP contribution >= 0.6 is 11.3 Å². The summed E-state index contributed by atoms with van der Waals surface area (Å²) in [6, 6.07) is 72.5. The van der Waals surface area contributed by atoms with Crippen LogP contribution in [0.2, 0.25) is 0 Å². The van der Waals surface area contributed by atoms with Crippen molar-refractivity contribution in [2.75, 3.05) is 4.90 Å². The first-order valence-corrected chi connectivity index (χ1v) is 20.2. The van der Waals surface area contributed by atoms with Gasteiger partial charge in [0, 0.05) is 53.1 Å². The minimum Gasteiger partial charge on any atom is -0.453 e. The van der Waals surface area contributed by atoms with Gasteiger partial charge in [-0.3, -0.25) is 0 Å². The van der Waals surface area contributed by atoms with Crippen molar-refractivity contribution in [2.24, 2.45) is 0 Å². The molecule has 57 heavy (non-hydrogen) atoms. The average Bonchev–Trinajstić information content (AvgIpc) is 3.85. The third-order valence-corrected chi connectivity index (χ3v) is 12.8. The van der Waals surface area contributed by atoms with Crippen molar-refractivity contribution in [3.05, 3.63) is 200 Å². The number of fused-ring (bicyclic) bond motifs is 10. The Balaban J connectivity index is 1.17. The fourth-order valence-electron chi connectivity index (χ4n) is 9.03. The van der Waals surface area contributed by atoms with E-state index < -0.39 is 0 Å². The van der Waals surface area contributed by atoms with E-state index in [1.807, 2.05) is 11.3 Å². The number of rotatable bonds is 5. The van der Waals surface area contributed by atoms with Crippen LogP contribution in [-0.2, 0) is 0 Å². The van der Waals surface area contributed by atoms with Crippen LogP contribution in [0.15, 0.2) is 205 Å². The van der Waals surface area contributed by atoms with Crippen molar-refractivity contribution >= 4 is 103 Å². The fourth-order valence-corrected chi connectivity index (χ4v) is 10.3. The van der Waals surface area contributed by atoms with E-state index in [2.05, 4.69) is 205 Å². The molecule has 0 atom stereocenters. The van der Waals surface area contributed by atoms with Crippen molar-refractivity contribution in [3.8, 4) is 22.3 Å². The zero-order valence-corrected chi connectivity index (χ0v) is 31.6. The Kier molecular flexibility index (Phi) is 7.13. The summed E-state index contributed by atoms with van der Waals surface area (Å²) >= 11 is 1.86. The molecule has 0 aliphatic rings. The molecular weight excluding hydrogens is 711 g/mol. The van der Waals surface area contributed by atoms with E-state index in [9.17, 15) is 0 Å². The summed E-state index contributed by atoms with van der Waals surface area (Å²) < 4.78 is 9.95. The van der Waals surface area contributed by atoms with Crippen molar-refractivity contribution in [1.29, 1.82) is 0 Å². The largest absolute Gasteiger partial charge is 0.453 e. The highest BCUT2D eigenvalue weighted by Gasteiger charge is 2.25. The van der Waals surface area contributed by atoms with Gasteiger partial charge in [-0.2, -0.15) is 0 Å². The van der Waals surface area contributed by atoms with Crippen LogP contribution in [0.1, 0.15) is 0 Å². The second-order valence-electron chi connectivity index (χ2n) is 14.8. The summed E-state index contributed by atoms with van der Waals surface area (Å²) in [6.07, 6.45) is 0. The summed E-state index contributed by atoms with van der Waals surface area (Å²) in [5.41, 5.74) is 9.62. The molecule has 12 aromatic rings. The molecule has 2 heterocycles. The van der Waals surface area contributed by atoms with Gasteiger partial charge in [-0.1, -0.05) is 164 Å². The molecule has 12 rings (SSSR count). The predicted molar refractivity (Wildman–Crippen MR) is 245 cm³/mol. The number of thiophene rings is 1. The Morgan fingerprint density at radius 2 is 0.982 bits per heavy atom. The lowest BCUT2D eigenvalue weighted by atomic mass is 9.94. The van der Waals surface area contributed by atoms with E-state index in [1.54, 1.807) is 0 Å². The minimum atomic E-state index is 0.858. The van der Waals surface area contributed by atoms with Gasteiger partial charge in [0.2, 0.25) is 0 Å². The maximum absolute atomic E-state index is 7.38. The first kappa shape index (κ1) is 32.1. The molecule has 10 aromatic carbocycles. The Bertz CT molecular complexity index is 3520. The molecule has 0 N–H and O–H groups in total. The lowest BCUT2D eigenvalue weighted by Crippen LogP contribution is -2.11. The van der Waals surface area contributed by atoms with Gasteiger partial charge in [-0.25, -0.2) is 0 Å². The van der Waals surface area contributed by atoms with Crippen molar-refractivity contribution in [3.63, 3.8) is 0 Å². The van der Waals surface area contributed by atoms with Crippen LogP contribution in [0, 0.1) is 0 Å². The molecule has 0 saturated carbocycles. The Morgan fingerprint density at radius 3 is 1.81 bits per heavy atom. The average molecular weight is 744 g/mol. The third-order valence-electron chi connectivity index (χ3n) is 11.6. The highest BCUT2D eigenvalue weighted by Crippen LogP contribution is 2.50. The smallest absolute Gasteiger partial charge is 0.159 e. The molecular formula is C54H33NOS. The highest BCUT2D eigenvalue weighted by molar-refractivity contribution is 7.26. The van der Waals surface area contributed by atoms with Gasteiger partial charge in [0.1, 0.15) is 5.58 Å². The molecule has 0 radical (unpaired) electrons. The van der Waals surface area contributed by atoms with E-state index in [0.717, 1.165) is 44.6 Å². The molecule has 266 valence electrons. The topological polar surface area (TPSA) is 16.4 Å². The zero-order chi connectivity index (χ0) is 37.5. The quantitative estimate of drug-likeness (QED) is 0.163. The Morgan fingerprint density at radius 1 is 0.368 bits per heavy atom. The van der Waals surface area contributed by atoms with Gasteiger partial charge >= 0.3 is 0 Å². The highest BCUT2D eigenvalue weighted by atomic mass is 32.1. The van der Waals surface area contributed by atoms with E-state index in [4.69, 9.17) is 4.42 Å². The molecule has 2 aromatic heterocycles. The van der Waals surface area contributed by atoms with E-state index >= 15 is 0 Å². The number of benzene rings is 10. The van der Waals surface area contributed by atoms with Crippen molar-refractivity contribution in [2.45, 2.75) is 0 Å². The number of hydrogen-bond acceptors (Lipinski definition) is 3. The van der Waals surface area contributed by atoms with E-state index in [-0.39, 0.29) is 0 Å². The number of hydrogen-bond donors (Lipinski definition) is 0. The van der Waals surface area contributed by atoms with E-state index in [1.165, 1.54) is 69.2 Å². The van der Waals surface area contributed by atoms with Crippen LogP contribution in [0.4, 0.5) is 17.1 Å². The van der Waals surface area contributed by atoms with Gasteiger partial charge in [0.05, 0.1) is 11.4 Å². The second kappa shape index (κ2) is 12.7. The number of para-hydroxylation sites is 1. The summed E-state index contributed by atoms with van der Waals surface area (Å²) in [6.45, 7) is 0. The first-order valence-electron chi connectivity index (χ1n) is 19.4. The number of nitrogens with zero attached hydrogens (tertiary/aromatic N) is 1. The van der Waals surface area contributed by atoms with Crippen molar-refractivity contribution < 1.29 is 4.42 Å². The van der Waals surface area contributed by atoms with Gasteiger partial charge in [0.25, 0.3) is 0 Å². The Labute approximate surface area is 333 Å². The molecule has 0 amide bonds. The summed E-state index contributed by atoms with van der Waals surface area (Å²) in [5, 5.41) is 12.0. The predicted octanol–water partition coefficient (Wildman–Crippen LogP) is 16.2. The minimum absolute atomic E-state index is 0.858. The molecule has 0 aliphatic heterocycles. The molecule has 0 bridgehead atoms. The van der Waals surface area contributed by atoms with Gasteiger partial charge in [0.15, 0.2) is 5.58 Å². The number of furan rings is 1. The fraction of sp³-hybridized carbons (Fsp3) is 0. The first-order chi connectivity index (χ1) is 28.3. The van der Waals surface area contributed by atoms with Crippen molar-refractivity contribution in [1.82, 2.24) is 0 Å². The Hall–Kier alpha value is -7.20. The van der Waals surface area contributed by atoms with E-state index in [0.29, 0.717) is 0 Å².